The van der Waals surface area contributed by atoms with Crippen LogP contribution in [-0.2, 0) is 0 Å². The summed E-state index contributed by atoms with van der Waals surface area (Å²) < 4.78 is 0. The van der Waals surface area contributed by atoms with Gasteiger partial charge in [0.05, 0.1) is 0 Å². The van der Waals surface area contributed by atoms with Crippen LogP contribution in [0.4, 0.5) is 0 Å². The van der Waals surface area contributed by atoms with Gasteiger partial charge in [0.1, 0.15) is 0 Å². The molecular weight excluding hydrogens is 164 g/mol. The molecule has 0 aliphatic rings. The standard InChI is InChI=1S/C11H16S/c1-9(2)8-12-11-6-4-10(3)5-7-11/h4-7,9H,8H2,1-3H3. The highest BCUT2D eigenvalue weighted by atomic mass is 32.2. The lowest BCUT2D eigenvalue weighted by Crippen LogP contribution is -1.89. The fraction of sp³-hybridized carbons (Fsp3) is 0.455. The largest absolute Gasteiger partial charge is 0.126 e. The Kier molecular flexibility index (Phi) is 3.67. The Morgan fingerprint density at radius 1 is 1.17 bits per heavy atom. The molecule has 0 unspecified atom stereocenters. The summed E-state index contributed by atoms with van der Waals surface area (Å²) in [6, 6.07) is 8.73. The van der Waals surface area contributed by atoms with Gasteiger partial charge in [-0.2, -0.15) is 0 Å². The van der Waals surface area contributed by atoms with Crippen molar-refractivity contribution in [3.8, 4) is 0 Å². The van der Waals surface area contributed by atoms with Crippen molar-refractivity contribution >= 4 is 11.8 Å². The number of rotatable bonds is 3. The maximum absolute atomic E-state index is 2.25. The molecule has 0 nitrogen and oxygen atoms in total. The summed E-state index contributed by atoms with van der Waals surface area (Å²) in [5.41, 5.74) is 1.34. The van der Waals surface area contributed by atoms with Crippen LogP contribution in [0, 0.1) is 12.8 Å². The van der Waals surface area contributed by atoms with Crippen molar-refractivity contribution in [1.29, 1.82) is 0 Å². The normalized spacial score (nSPS) is 10.7. The van der Waals surface area contributed by atoms with Crippen molar-refractivity contribution in [2.75, 3.05) is 5.75 Å². The zero-order valence-electron chi connectivity index (χ0n) is 8.00. The molecule has 1 rings (SSSR count). The minimum absolute atomic E-state index is 0.774. The van der Waals surface area contributed by atoms with Crippen molar-refractivity contribution < 1.29 is 0 Å². The SMILES string of the molecule is Cc1ccc(SCC(C)C)cc1. The quantitative estimate of drug-likeness (QED) is 0.638. The van der Waals surface area contributed by atoms with E-state index in [0.717, 1.165) is 5.92 Å². The zero-order valence-corrected chi connectivity index (χ0v) is 8.82. The molecule has 0 aliphatic carbocycles. The maximum atomic E-state index is 2.25. The number of aryl methyl sites for hydroxylation is 1. The summed E-state index contributed by atoms with van der Waals surface area (Å²) in [5.74, 6) is 1.99. The van der Waals surface area contributed by atoms with Crippen molar-refractivity contribution in [2.24, 2.45) is 5.92 Å². The Labute approximate surface area is 79.4 Å². The van der Waals surface area contributed by atoms with Crippen LogP contribution < -0.4 is 0 Å². The molecule has 0 fully saturated rings. The predicted octanol–water partition coefficient (Wildman–Crippen LogP) is 3.74. The van der Waals surface area contributed by atoms with Gasteiger partial charge in [-0.25, -0.2) is 0 Å². The van der Waals surface area contributed by atoms with Crippen LogP contribution >= 0.6 is 11.8 Å². The van der Waals surface area contributed by atoms with E-state index in [-0.39, 0.29) is 0 Å². The molecule has 0 heterocycles. The second-order valence-electron chi connectivity index (χ2n) is 3.52. The van der Waals surface area contributed by atoms with Crippen molar-refractivity contribution in [3.63, 3.8) is 0 Å². The third-order valence-corrected chi connectivity index (χ3v) is 3.04. The third-order valence-electron chi connectivity index (χ3n) is 1.60. The topological polar surface area (TPSA) is 0 Å². The van der Waals surface area contributed by atoms with E-state index in [2.05, 4.69) is 45.0 Å². The zero-order chi connectivity index (χ0) is 8.97. The number of hydrogen-bond donors (Lipinski definition) is 0. The van der Waals surface area contributed by atoms with E-state index in [1.165, 1.54) is 16.2 Å². The molecular formula is C11H16S. The second kappa shape index (κ2) is 4.56. The van der Waals surface area contributed by atoms with Crippen LogP contribution in [0.3, 0.4) is 0 Å². The van der Waals surface area contributed by atoms with E-state index in [1.807, 2.05) is 11.8 Å². The van der Waals surface area contributed by atoms with E-state index in [4.69, 9.17) is 0 Å². The molecule has 1 heteroatoms. The van der Waals surface area contributed by atoms with Gasteiger partial charge < -0.3 is 0 Å². The van der Waals surface area contributed by atoms with Crippen LogP contribution in [0.25, 0.3) is 0 Å². The lowest BCUT2D eigenvalue weighted by atomic mass is 10.2. The predicted molar refractivity (Wildman–Crippen MR) is 56.7 cm³/mol. The highest BCUT2D eigenvalue weighted by molar-refractivity contribution is 7.99. The molecule has 1 aromatic carbocycles. The fourth-order valence-electron chi connectivity index (χ4n) is 0.897. The summed E-state index contributed by atoms with van der Waals surface area (Å²) in [4.78, 5) is 1.38. The van der Waals surface area contributed by atoms with Gasteiger partial charge in [-0.05, 0) is 25.0 Å². The number of thioether (sulfide) groups is 1. The Morgan fingerprint density at radius 3 is 2.25 bits per heavy atom. The van der Waals surface area contributed by atoms with Crippen LogP contribution in [0.5, 0.6) is 0 Å². The van der Waals surface area contributed by atoms with E-state index in [1.54, 1.807) is 0 Å². The highest BCUT2D eigenvalue weighted by Crippen LogP contribution is 2.20. The first kappa shape index (κ1) is 9.66. The van der Waals surface area contributed by atoms with Crippen LogP contribution in [0.15, 0.2) is 29.2 Å². The smallest absolute Gasteiger partial charge is 0.00722 e. The molecule has 0 aromatic heterocycles. The molecule has 0 atom stereocenters. The molecule has 0 saturated heterocycles. The molecule has 1 aromatic rings. The van der Waals surface area contributed by atoms with Gasteiger partial charge in [-0.1, -0.05) is 31.5 Å². The highest BCUT2D eigenvalue weighted by Gasteiger charge is 1.96. The average Bonchev–Trinajstić information content (AvgIpc) is 2.03. The van der Waals surface area contributed by atoms with Crippen molar-refractivity contribution in [1.82, 2.24) is 0 Å². The van der Waals surface area contributed by atoms with Gasteiger partial charge in [0.2, 0.25) is 0 Å². The second-order valence-corrected chi connectivity index (χ2v) is 4.61. The minimum Gasteiger partial charge on any atom is -0.126 e. The van der Waals surface area contributed by atoms with Crippen LogP contribution in [0.2, 0.25) is 0 Å². The van der Waals surface area contributed by atoms with Gasteiger partial charge >= 0.3 is 0 Å². The summed E-state index contributed by atoms with van der Waals surface area (Å²) in [7, 11) is 0. The van der Waals surface area contributed by atoms with Gasteiger partial charge in [0, 0.05) is 10.6 Å². The molecule has 0 N–H and O–H groups in total. The van der Waals surface area contributed by atoms with E-state index >= 15 is 0 Å². The van der Waals surface area contributed by atoms with Gasteiger partial charge in [0.25, 0.3) is 0 Å². The Bertz CT molecular complexity index is 223. The summed E-state index contributed by atoms with van der Waals surface area (Å²) in [5, 5.41) is 0. The molecule has 12 heavy (non-hydrogen) atoms. The number of benzene rings is 1. The molecule has 0 amide bonds. The molecule has 0 spiro atoms. The fourth-order valence-corrected chi connectivity index (χ4v) is 1.75. The Balaban J connectivity index is 2.48. The molecule has 66 valence electrons. The van der Waals surface area contributed by atoms with E-state index < -0.39 is 0 Å². The molecule has 0 aliphatic heterocycles. The van der Waals surface area contributed by atoms with Crippen molar-refractivity contribution in [3.05, 3.63) is 29.8 Å². The van der Waals surface area contributed by atoms with Gasteiger partial charge in [-0.3, -0.25) is 0 Å². The lowest BCUT2D eigenvalue weighted by molar-refractivity contribution is 0.750. The first-order valence-corrected chi connectivity index (χ1v) is 5.36. The van der Waals surface area contributed by atoms with E-state index in [9.17, 15) is 0 Å². The van der Waals surface area contributed by atoms with Crippen LogP contribution in [-0.4, -0.2) is 5.75 Å². The summed E-state index contributed by atoms with van der Waals surface area (Å²) in [6.45, 7) is 6.62. The first-order chi connectivity index (χ1) is 5.68. The number of hydrogen-bond acceptors (Lipinski definition) is 1. The van der Waals surface area contributed by atoms with Crippen molar-refractivity contribution in [2.45, 2.75) is 25.7 Å². The average molecular weight is 180 g/mol. The van der Waals surface area contributed by atoms with E-state index in [0.29, 0.717) is 0 Å². The van der Waals surface area contributed by atoms with Gasteiger partial charge in [-0.15, -0.1) is 11.8 Å². The Morgan fingerprint density at radius 2 is 1.75 bits per heavy atom. The third kappa shape index (κ3) is 3.31. The summed E-state index contributed by atoms with van der Waals surface area (Å²) in [6.07, 6.45) is 0. The molecule has 0 saturated carbocycles. The van der Waals surface area contributed by atoms with Crippen LogP contribution in [0.1, 0.15) is 19.4 Å². The molecule has 0 radical (unpaired) electrons. The first-order valence-electron chi connectivity index (χ1n) is 4.38. The summed E-state index contributed by atoms with van der Waals surface area (Å²) >= 11 is 1.94. The monoisotopic (exact) mass is 180 g/mol. The lowest BCUT2D eigenvalue weighted by Gasteiger charge is -2.04. The maximum Gasteiger partial charge on any atom is 0.00722 e. The minimum atomic E-state index is 0.774. The Hall–Kier alpha value is -0.430. The molecule has 0 bridgehead atoms. The van der Waals surface area contributed by atoms with Gasteiger partial charge in [0.15, 0.2) is 0 Å².